The van der Waals surface area contributed by atoms with E-state index >= 15 is 0 Å². The van der Waals surface area contributed by atoms with Crippen LogP contribution in [0, 0.1) is 6.92 Å². The molecule has 0 radical (unpaired) electrons. The van der Waals surface area contributed by atoms with Gasteiger partial charge in [-0.3, -0.25) is 4.18 Å². The lowest BCUT2D eigenvalue weighted by atomic mass is 9.98. The van der Waals surface area contributed by atoms with E-state index in [0.29, 0.717) is 5.92 Å². The van der Waals surface area contributed by atoms with Crippen molar-refractivity contribution in [2.24, 2.45) is 0 Å². The van der Waals surface area contributed by atoms with Crippen LogP contribution in [0.1, 0.15) is 36.3 Å². The molecule has 3 rings (SSSR count). The van der Waals surface area contributed by atoms with Crippen molar-refractivity contribution in [3.8, 4) is 0 Å². The van der Waals surface area contributed by atoms with Crippen molar-refractivity contribution in [2.75, 3.05) is 0 Å². The average Bonchev–Trinajstić information content (AvgIpc) is 2.96. The van der Waals surface area contributed by atoms with Gasteiger partial charge in [0, 0.05) is 0 Å². The van der Waals surface area contributed by atoms with Crippen molar-refractivity contribution in [1.82, 2.24) is 0 Å². The zero-order valence-electron chi connectivity index (χ0n) is 12.6. The zero-order chi connectivity index (χ0) is 15.6. The number of hydrogen-bond acceptors (Lipinski definition) is 3. The molecule has 0 N–H and O–H groups in total. The van der Waals surface area contributed by atoms with Crippen LogP contribution in [0.25, 0.3) is 0 Å². The van der Waals surface area contributed by atoms with E-state index in [9.17, 15) is 8.42 Å². The largest absolute Gasteiger partial charge is 0.297 e. The Morgan fingerprint density at radius 2 is 1.64 bits per heavy atom. The lowest BCUT2D eigenvalue weighted by Crippen LogP contribution is -2.16. The first-order chi connectivity index (χ1) is 10.5. The third-order valence-electron chi connectivity index (χ3n) is 4.23. The van der Waals surface area contributed by atoms with Gasteiger partial charge in [-0.2, -0.15) is 8.42 Å². The van der Waals surface area contributed by atoms with Crippen molar-refractivity contribution >= 4 is 10.1 Å². The summed E-state index contributed by atoms with van der Waals surface area (Å²) >= 11 is 0. The van der Waals surface area contributed by atoms with Crippen LogP contribution in [-0.2, 0) is 14.3 Å². The maximum atomic E-state index is 12.3. The van der Waals surface area contributed by atoms with Crippen LogP contribution in [0.15, 0.2) is 59.5 Å². The van der Waals surface area contributed by atoms with Gasteiger partial charge in [-0.25, -0.2) is 0 Å². The number of aryl methyl sites for hydroxylation is 1. The van der Waals surface area contributed by atoms with Crippen molar-refractivity contribution in [1.29, 1.82) is 0 Å². The van der Waals surface area contributed by atoms with Gasteiger partial charge in [-0.15, -0.1) is 0 Å². The molecule has 4 heteroatoms. The molecule has 2 atom stereocenters. The summed E-state index contributed by atoms with van der Waals surface area (Å²) in [7, 11) is -3.67. The normalized spacial score (nSPS) is 21.9. The van der Waals surface area contributed by atoms with Crippen LogP contribution in [0.3, 0.4) is 0 Å². The Morgan fingerprint density at radius 1 is 0.955 bits per heavy atom. The van der Waals surface area contributed by atoms with Gasteiger partial charge in [0.2, 0.25) is 0 Å². The molecule has 0 amide bonds. The molecular weight excluding hydrogens is 296 g/mol. The third kappa shape index (κ3) is 3.39. The number of benzene rings is 2. The lowest BCUT2D eigenvalue weighted by Gasteiger charge is -2.13. The number of hydrogen-bond donors (Lipinski definition) is 0. The van der Waals surface area contributed by atoms with E-state index < -0.39 is 10.1 Å². The summed E-state index contributed by atoms with van der Waals surface area (Å²) < 4.78 is 30.1. The van der Waals surface area contributed by atoms with Gasteiger partial charge in [0.15, 0.2) is 0 Å². The van der Waals surface area contributed by atoms with E-state index in [1.165, 1.54) is 5.56 Å². The highest BCUT2D eigenvalue weighted by Crippen LogP contribution is 2.37. The molecule has 0 spiro atoms. The maximum Gasteiger partial charge on any atom is 0.297 e. The van der Waals surface area contributed by atoms with Gasteiger partial charge in [-0.05, 0) is 49.8 Å². The van der Waals surface area contributed by atoms with Crippen LogP contribution < -0.4 is 0 Å². The third-order valence-corrected chi connectivity index (χ3v) is 5.60. The minimum atomic E-state index is -3.67. The Hall–Kier alpha value is -1.65. The smallest absolute Gasteiger partial charge is 0.263 e. The van der Waals surface area contributed by atoms with Crippen LogP contribution in [-0.4, -0.2) is 14.5 Å². The van der Waals surface area contributed by atoms with Gasteiger partial charge in [-0.1, -0.05) is 48.0 Å². The predicted molar refractivity (Wildman–Crippen MR) is 86.3 cm³/mol. The first-order valence-electron chi connectivity index (χ1n) is 7.59. The zero-order valence-corrected chi connectivity index (χ0v) is 13.4. The van der Waals surface area contributed by atoms with Crippen molar-refractivity contribution in [3.63, 3.8) is 0 Å². The highest BCUT2D eigenvalue weighted by Gasteiger charge is 2.30. The molecule has 2 aromatic rings. The molecule has 1 aliphatic carbocycles. The molecule has 2 aromatic carbocycles. The van der Waals surface area contributed by atoms with Gasteiger partial charge in [0.25, 0.3) is 10.1 Å². The van der Waals surface area contributed by atoms with E-state index in [2.05, 4.69) is 12.1 Å². The van der Waals surface area contributed by atoms with Crippen molar-refractivity contribution < 1.29 is 12.6 Å². The highest BCUT2D eigenvalue weighted by atomic mass is 32.2. The SMILES string of the molecule is Cc1ccc(S(=O)(=O)OC2CCC(c3ccccc3)C2)cc1. The summed E-state index contributed by atoms with van der Waals surface area (Å²) in [6.45, 7) is 1.93. The van der Waals surface area contributed by atoms with Crippen LogP contribution in [0.4, 0.5) is 0 Å². The predicted octanol–water partition coefficient (Wildman–Crippen LogP) is 4.04. The summed E-state index contributed by atoms with van der Waals surface area (Å²) in [4.78, 5) is 0.237. The molecule has 2 unspecified atom stereocenters. The second-order valence-corrected chi connectivity index (χ2v) is 7.48. The second-order valence-electron chi connectivity index (χ2n) is 5.91. The summed E-state index contributed by atoms with van der Waals surface area (Å²) in [5, 5.41) is 0. The molecule has 3 nitrogen and oxygen atoms in total. The standard InChI is InChI=1S/C18H20O3S/c1-14-7-11-18(12-8-14)22(19,20)21-17-10-9-16(13-17)15-5-3-2-4-6-15/h2-8,11-12,16-17H,9-10,13H2,1H3. The summed E-state index contributed by atoms with van der Waals surface area (Å²) in [6, 6.07) is 17.0. The van der Waals surface area contributed by atoms with Crippen LogP contribution in [0.2, 0.25) is 0 Å². The minimum Gasteiger partial charge on any atom is -0.263 e. The molecule has 22 heavy (non-hydrogen) atoms. The van der Waals surface area contributed by atoms with Gasteiger partial charge in [0.1, 0.15) is 0 Å². The molecular formula is C18H20O3S. The first kappa shape index (κ1) is 15.3. The molecule has 0 heterocycles. The Bertz CT molecular complexity index is 721. The minimum absolute atomic E-state index is 0.225. The maximum absolute atomic E-state index is 12.3. The van der Waals surface area contributed by atoms with E-state index in [4.69, 9.17) is 4.18 Å². The van der Waals surface area contributed by atoms with Gasteiger partial charge < -0.3 is 0 Å². The van der Waals surface area contributed by atoms with Crippen LogP contribution in [0.5, 0.6) is 0 Å². The summed E-state index contributed by atoms with van der Waals surface area (Å²) in [5.74, 6) is 0.388. The Labute approximate surface area is 132 Å². The number of rotatable bonds is 4. The quantitative estimate of drug-likeness (QED) is 0.800. The fourth-order valence-electron chi connectivity index (χ4n) is 3.00. The molecule has 1 fully saturated rings. The fourth-order valence-corrected chi connectivity index (χ4v) is 4.11. The van der Waals surface area contributed by atoms with E-state index in [0.717, 1.165) is 24.8 Å². The van der Waals surface area contributed by atoms with E-state index in [1.54, 1.807) is 24.3 Å². The summed E-state index contributed by atoms with van der Waals surface area (Å²) in [5.41, 5.74) is 2.30. The molecule has 0 aliphatic heterocycles. The van der Waals surface area contributed by atoms with Crippen molar-refractivity contribution in [3.05, 3.63) is 65.7 Å². The molecule has 1 saturated carbocycles. The average molecular weight is 316 g/mol. The highest BCUT2D eigenvalue weighted by molar-refractivity contribution is 7.86. The fraction of sp³-hybridized carbons (Fsp3) is 0.333. The van der Waals surface area contributed by atoms with Crippen molar-refractivity contribution in [2.45, 2.75) is 43.1 Å². The molecule has 116 valence electrons. The molecule has 0 bridgehead atoms. The van der Waals surface area contributed by atoms with Gasteiger partial charge in [0.05, 0.1) is 11.0 Å². The molecule has 0 saturated heterocycles. The molecule has 1 aliphatic rings. The van der Waals surface area contributed by atoms with E-state index in [1.807, 2.05) is 25.1 Å². The van der Waals surface area contributed by atoms with Crippen LogP contribution >= 0.6 is 0 Å². The van der Waals surface area contributed by atoms with E-state index in [-0.39, 0.29) is 11.0 Å². The monoisotopic (exact) mass is 316 g/mol. The Kier molecular flexibility index (Phi) is 4.32. The first-order valence-corrected chi connectivity index (χ1v) is 9.00. The topological polar surface area (TPSA) is 43.4 Å². The van der Waals surface area contributed by atoms with Gasteiger partial charge >= 0.3 is 0 Å². The lowest BCUT2D eigenvalue weighted by molar-refractivity contribution is 0.215. The Balaban J connectivity index is 1.68. The summed E-state index contributed by atoms with van der Waals surface area (Å²) in [6.07, 6.45) is 2.29. The second kappa shape index (κ2) is 6.23. The Morgan fingerprint density at radius 3 is 2.32 bits per heavy atom. The molecule has 0 aromatic heterocycles.